The van der Waals surface area contributed by atoms with Crippen LogP contribution in [-0.2, 0) is 13.6 Å². The van der Waals surface area contributed by atoms with Crippen molar-refractivity contribution in [2.24, 2.45) is 7.05 Å². The largest absolute Gasteiger partial charge is 0.348 e. The predicted octanol–water partition coefficient (Wildman–Crippen LogP) is 3.00. The maximum absolute atomic E-state index is 13.3. The monoisotopic (exact) mass is 256 g/mol. The van der Waals surface area contributed by atoms with Gasteiger partial charge in [0.25, 0.3) is 0 Å². The van der Waals surface area contributed by atoms with Gasteiger partial charge in [-0.25, -0.2) is 4.39 Å². The number of benzene rings is 1. The van der Waals surface area contributed by atoms with E-state index in [0.29, 0.717) is 5.69 Å². The average molecular weight is 256 g/mol. The first-order valence-corrected chi connectivity index (χ1v) is 6.04. The summed E-state index contributed by atoms with van der Waals surface area (Å²) in [5.74, 6) is -0.284. The standard InChI is InChI=1S/C15H13FN2O/c1-17-7-2-3-13(17)15(19)10-18-8-6-11-4-5-12(16)9-14(11)18/h2-9H,10H2,1H3. The number of halogens is 1. The molecular formula is C15H13FN2O. The molecule has 0 aliphatic carbocycles. The van der Waals surface area contributed by atoms with Crippen LogP contribution in [0.3, 0.4) is 0 Å². The Kier molecular flexibility index (Phi) is 2.71. The summed E-state index contributed by atoms with van der Waals surface area (Å²) in [5.41, 5.74) is 1.39. The van der Waals surface area contributed by atoms with Crippen molar-refractivity contribution in [1.29, 1.82) is 0 Å². The molecule has 0 saturated heterocycles. The van der Waals surface area contributed by atoms with Gasteiger partial charge in [0.05, 0.1) is 17.8 Å². The van der Waals surface area contributed by atoms with Crippen LogP contribution >= 0.6 is 0 Å². The highest BCUT2D eigenvalue weighted by molar-refractivity contribution is 5.95. The molecule has 3 rings (SSSR count). The number of hydrogen-bond acceptors (Lipinski definition) is 1. The number of carbonyl (C=O) groups is 1. The first-order valence-electron chi connectivity index (χ1n) is 6.04. The first-order chi connectivity index (χ1) is 9.15. The fraction of sp³-hybridized carbons (Fsp3) is 0.133. The van der Waals surface area contributed by atoms with Crippen LogP contribution in [-0.4, -0.2) is 14.9 Å². The van der Waals surface area contributed by atoms with Gasteiger partial charge >= 0.3 is 0 Å². The van der Waals surface area contributed by atoms with Crippen LogP contribution in [0.1, 0.15) is 10.5 Å². The molecule has 0 saturated carbocycles. The highest BCUT2D eigenvalue weighted by atomic mass is 19.1. The van der Waals surface area contributed by atoms with E-state index >= 15 is 0 Å². The molecule has 3 aromatic rings. The number of hydrogen-bond donors (Lipinski definition) is 0. The highest BCUT2D eigenvalue weighted by Gasteiger charge is 2.11. The second kappa shape index (κ2) is 4.39. The van der Waals surface area contributed by atoms with Gasteiger partial charge in [0.1, 0.15) is 5.82 Å². The second-order valence-electron chi connectivity index (χ2n) is 4.57. The summed E-state index contributed by atoms with van der Waals surface area (Å²) in [6.07, 6.45) is 3.64. The van der Waals surface area contributed by atoms with Gasteiger partial charge in [-0.15, -0.1) is 0 Å². The molecule has 2 aromatic heterocycles. The number of Topliss-reactive ketones (excluding diaryl/α,β-unsaturated/α-hetero) is 1. The topological polar surface area (TPSA) is 26.9 Å². The molecule has 0 spiro atoms. The summed E-state index contributed by atoms with van der Waals surface area (Å²) in [6, 6.07) is 10.1. The quantitative estimate of drug-likeness (QED) is 0.662. The van der Waals surface area contributed by atoms with E-state index in [4.69, 9.17) is 0 Å². The molecule has 2 heterocycles. The zero-order chi connectivity index (χ0) is 13.4. The van der Waals surface area contributed by atoms with Gasteiger partial charge in [-0.1, -0.05) is 0 Å². The lowest BCUT2D eigenvalue weighted by Gasteiger charge is -2.06. The lowest BCUT2D eigenvalue weighted by molar-refractivity contribution is 0.0965. The van der Waals surface area contributed by atoms with Crippen molar-refractivity contribution >= 4 is 16.7 Å². The molecule has 0 unspecified atom stereocenters. The van der Waals surface area contributed by atoms with Crippen molar-refractivity contribution < 1.29 is 9.18 Å². The Balaban J connectivity index is 1.96. The van der Waals surface area contributed by atoms with E-state index < -0.39 is 0 Å². The molecule has 96 valence electrons. The maximum atomic E-state index is 13.3. The third kappa shape index (κ3) is 2.05. The molecule has 0 atom stereocenters. The third-order valence-electron chi connectivity index (χ3n) is 3.28. The van der Waals surface area contributed by atoms with E-state index in [1.165, 1.54) is 12.1 Å². The number of carbonyl (C=O) groups excluding carboxylic acids is 1. The summed E-state index contributed by atoms with van der Waals surface area (Å²) in [5, 5.41) is 0.932. The van der Waals surface area contributed by atoms with E-state index in [9.17, 15) is 9.18 Å². The number of ketones is 1. The van der Waals surface area contributed by atoms with Crippen molar-refractivity contribution in [1.82, 2.24) is 9.13 Å². The molecule has 4 heteroatoms. The molecule has 0 bridgehead atoms. The van der Waals surface area contributed by atoms with Crippen LogP contribution in [0.15, 0.2) is 48.8 Å². The molecule has 0 N–H and O–H groups in total. The lowest BCUT2D eigenvalue weighted by atomic mass is 10.2. The van der Waals surface area contributed by atoms with E-state index in [1.807, 2.05) is 31.6 Å². The fourth-order valence-corrected chi connectivity index (χ4v) is 2.28. The summed E-state index contributed by atoms with van der Waals surface area (Å²) < 4.78 is 16.8. The molecule has 0 amide bonds. The minimum Gasteiger partial charge on any atom is -0.348 e. The Morgan fingerprint density at radius 2 is 2.05 bits per heavy atom. The van der Waals surface area contributed by atoms with Crippen LogP contribution in [0.25, 0.3) is 10.9 Å². The van der Waals surface area contributed by atoms with Gasteiger partial charge in [-0.05, 0) is 41.8 Å². The van der Waals surface area contributed by atoms with E-state index in [1.54, 1.807) is 21.3 Å². The van der Waals surface area contributed by atoms with E-state index in [0.717, 1.165) is 10.9 Å². The highest BCUT2D eigenvalue weighted by Crippen LogP contribution is 2.17. The molecule has 0 radical (unpaired) electrons. The molecule has 19 heavy (non-hydrogen) atoms. The number of rotatable bonds is 3. The average Bonchev–Trinajstić information content (AvgIpc) is 2.96. The van der Waals surface area contributed by atoms with Gasteiger partial charge in [0.2, 0.25) is 0 Å². The van der Waals surface area contributed by atoms with Crippen molar-refractivity contribution in [2.75, 3.05) is 0 Å². The van der Waals surface area contributed by atoms with Crippen molar-refractivity contribution in [3.8, 4) is 0 Å². The summed E-state index contributed by atoms with van der Waals surface area (Å²) in [7, 11) is 1.83. The SMILES string of the molecule is Cn1cccc1C(=O)Cn1ccc2ccc(F)cc21. The van der Waals surface area contributed by atoms with Crippen LogP contribution in [0.5, 0.6) is 0 Å². The number of nitrogens with zero attached hydrogens (tertiary/aromatic N) is 2. The Morgan fingerprint density at radius 3 is 2.79 bits per heavy atom. The summed E-state index contributed by atoms with van der Waals surface area (Å²) in [4.78, 5) is 12.2. The van der Waals surface area contributed by atoms with Crippen LogP contribution < -0.4 is 0 Å². The Labute approximate surface area is 109 Å². The maximum Gasteiger partial charge on any atom is 0.198 e. The molecule has 0 aliphatic rings. The zero-order valence-corrected chi connectivity index (χ0v) is 10.5. The van der Waals surface area contributed by atoms with Crippen molar-refractivity contribution in [2.45, 2.75) is 6.54 Å². The minimum atomic E-state index is -0.293. The molecular weight excluding hydrogens is 243 g/mol. The van der Waals surface area contributed by atoms with Crippen LogP contribution in [0.4, 0.5) is 4.39 Å². The first kappa shape index (κ1) is 11.7. The molecule has 0 aliphatic heterocycles. The Hall–Kier alpha value is -2.36. The normalized spacial score (nSPS) is 11.1. The van der Waals surface area contributed by atoms with E-state index in [-0.39, 0.29) is 18.1 Å². The van der Waals surface area contributed by atoms with E-state index in [2.05, 4.69) is 0 Å². The summed E-state index contributed by atoms with van der Waals surface area (Å²) >= 11 is 0. The van der Waals surface area contributed by atoms with Crippen molar-refractivity contribution in [3.63, 3.8) is 0 Å². The second-order valence-corrected chi connectivity index (χ2v) is 4.57. The van der Waals surface area contributed by atoms with Crippen LogP contribution in [0, 0.1) is 5.82 Å². The van der Waals surface area contributed by atoms with Gasteiger partial charge < -0.3 is 9.13 Å². The minimum absolute atomic E-state index is 0.00858. The van der Waals surface area contributed by atoms with Gasteiger partial charge in [0.15, 0.2) is 5.78 Å². The van der Waals surface area contributed by atoms with Crippen LogP contribution in [0.2, 0.25) is 0 Å². The smallest absolute Gasteiger partial charge is 0.198 e. The third-order valence-corrected chi connectivity index (χ3v) is 3.28. The fourth-order valence-electron chi connectivity index (χ4n) is 2.28. The van der Waals surface area contributed by atoms with Gasteiger partial charge in [0, 0.05) is 19.4 Å². The zero-order valence-electron chi connectivity index (χ0n) is 10.5. The predicted molar refractivity (Wildman–Crippen MR) is 71.6 cm³/mol. The number of aromatic nitrogens is 2. The van der Waals surface area contributed by atoms with Gasteiger partial charge in [-0.3, -0.25) is 4.79 Å². The number of fused-ring (bicyclic) bond motifs is 1. The number of aryl methyl sites for hydroxylation is 1. The van der Waals surface area contributed by atoms with Gasteiger partial charge in [-0.2, -0.15) is 0 Å². The Bertz CT molecular complexity index is 754. The molecule has 3 nitrogen and oxygen atoms in total. The van der Waals surface area contributed by atoms with Crippen molar-refractivity contribution in [3.05, 3.63) is 60.3 Å². The Morgan fingerprint density at radius 1 is 1.21 bits per heavy atom. The summed E-state index contributed by atoms with van der Waals surface area (Å²) in [6.45, 7) is 0.213. The lowest BCUT2D eigenvalue weighted by Crippen LogP contribution is -2.12. The molecule has 0 fully saturated rings. The molecule has 1 aromatic carbocycles.